The van der Waals surface area contributed by atoms with Crippen LogP contribution in [0.4, 0.5) is 0 Å². The highest BCUT2D eigenvalue weighted by Crippen LogP contribution is 2.24. The quantitative estimate of drug-likeness (QED) is 0.703. The number of benzene rings is 1. The molecule has 0 radical (unpaired) electrons. The van der Waals surface area contributed by atoms with E-state index in [0.717, 1.165) is 12.4 Å². The van der Waals surface area contributed by atoms with E-state index in [1.165, 1.54) is 39.2 Å². The number of aliphatic carboxylic acids is 1. The van der Waals surface area contributed by atoms with Crippen molar-refractivity contribution in [1.29, 1.82) is 0 Å². The third kappa shape index (κ3) is 6.33. The minimum absolute atomic E-state index is 0.119. The summed E-state index contributed by atoms with van der Waals surface area (Å²) in [5.41, 5.74) is -0.504. The van der Waals surface area contributed by atoms with Gasteiger partial charge in [0.15, 0.2) is 0 Å². The number of rotatable bonds is 9. The molecule has 0 aromatic heterocycles. The van der Waals surface area contributed by atoms with Crippen LogP contribution in [0, 0.1) is 5.92 Å². The van der Waals surface area contributed by atoms with Crippen molar-refractivity contribution in [3.8, 4) is 5.75 Å². The zero-order valence-corrected chi connectivity index (χ0v) is 15.6. The summed E-state index contributed by atoms with van der Waals surface area (Å²) in [5, 5.41) is 11.8. The van der Waals surface area contributed by atoms with Gasteiger partial charge in [-0.15, -0.1) is 0 Å². The van der Waals surface area contributed by atoms with Gasteiger partial charge in [0.25, 0.3) is 5.91 Å². The van der Waals surface area contributed by atoms with Gasteiger partial charge in [-0.05, 0) is 49.9 Å². The Bertz CT molecular complexity index is 595. The number of nitrogens with one attached hydrogen (secondary N) is 1. The Morgan fingerprint density at radius 3 is 2.42 bits per heavy atom. The molecule has 6 nitrogen and oxygen atoms in total. The van der Waals surface area contributed by atoms with Crippen LogP contribution in [0.25, 0.3) is 0 Å². The fourth-order valence-electron chi connectivity index (χ4n) is 3.40. The van der Waals surface area contributed by atoms with Gasteiger partial charge in [0.05, 0.1) is 25.2 Å². The molecule has 26 heavy (non-hydrogen) atoms. The normalized spacial score (nSPS) is 17.3. The van der Waals surface area contributed by atoms with Crippen molar-refractivity contribution in [2.45, 2.75) is 51.0 Å². The molecule has 1 fully saturated rings. The number of amides is 1. The Labute approximate surface area is 154 Å². The average Bonchev–Trinajstić information content (AvgIpc) is 2.60. The zero-order chi connectivity index (χ0) is 19.0. The molecule has 0 aliphatic heterocycles. The van der Waals surface area contributed by atoms with Crippen molar-refractivity contribution in [2.24, 2.45) is 5.92 Å². The smallest absolute Gasteiger partial charge is 0.305 e. The molecule has 6 heteroatoms. The number of hydrogen-bond acceptors (Lipinski definition) is 4. The van der Waals surface area contributed by atoms with E-state index in [4.69, 9.17) is 14.6 Å². The fraction of sp³-hybridized carbons (Fsp3) is 0.600. The van der Waals surface area contributed by atoms with E-state index in [2.05, 4.69) is 5.32 Å². The lowest BCUT2D eigenvalue weighted by Gasteiger charge is -2.28. The molecule has 1 saturated carbocycles. The molecule has 0 bridgehead atoms. The molecule has 1 atom stereocenters. The molecule has 2 rings (SSSR count). The van der Waals surface area contributed by atoms with Crippen LogP contribution < -0.4 is 10.1 Å². The molecular weight excluding hydrogens is 334 g/mol. The van der Waals surface area contributed by atoms with Gasteiger partial charge in [-0.1, -0.05) is 19.3 Å². The third-order valence-corrected chi connectivity index (χ3v) is 4.75. The lowest BCUT2D eigenvalue weighted by molar-refractivity contribution is -0.139. The number of hydrogen-bond donors (Lipinski definition) is 2. The molecular formula is C20H29NO5. The molecule has 1 aliphatic rings. The van der Waals surface area contributed by atoms with E-state index < -0.39 is 11.5 Å². The van der Waals surface area contributed by atoms with E-state index >= 15 is 0 Å². The van der Waals surface area contributed by atoms with Crippen LogP contribution in [0.3, 0.4) is 0 Å². The Hall–Kier alpha value is -2.08. The Kier molecular flexibility index (Phi) is 7.45. The summed E-state index contributed by atoms with van der Waals surface area (Å²) in [4.78, 5) is 23.5. The molecule has 1 aliphatic carbocycles. The van der Waals surface area contributed by atoms with Crippen molar-refractivity contribution < 1.29 is 24.2 Å². The van der Waals surface area contributed by atoms with Gasteiger partial charge in [0.2, 0.25) is 0 Å². The molecule has 0 saturated heterocycles. The summed E-state index contributed by atoms with van der Waals surface area (Å²) in [6, 6.07) is 6.95. The molecule has 0 heterocycles. The van der Waals surface area contributed by atoms with Crippen molar-refractivity contribution in [2.75, 3.05) is 20.3 Å². The van der Waals surface area contributed by atoms with Gasteiger partial charge in [-0.2, -0.15) is 0 Å². The van der Waals surface area contributed by atoms with Crippen LogP contribution in [-0.2, 0) is 9.53 Å². The molecule has 144 valence electrons. The van der Waals surface area contributed by atoms with Gasteiger partial charge in [-0.25, -0.2) is 0 Å². The zero-order valence-electron chi connectivity index (χ0n) is 15.6. The van der Waals surface area contributed by atoms with Gasteiger partial charge in [0, 0.05) is 12.7 Å². The van der Waals surface area contributed by atoms with Crippen molar-refractivity contribution >= 4 is 11.9 Å². The van der Waals surface area contributed by atoms with Crippen molar-refractivity contribution in [3.63, 3.8) is 0 Å². The van der Waals surface area contributed by atoms with Gasteiger partial charge in [0.1, 0.15) is 5.75 Å². The number of carbonyl (C=O) groups excluding carboxylic acids is 1. The molecule has 2 N–H and O–H groups in total. The van der Waals surface area contributed by atoms with Crippen LogP contribution in [0.1, 0.15) is 55.8 Å². The topological polar surface area (TPSA) is 84.9 Å². The minimum Gasteiger partial charge on any atom is -0.493 e. The summed E-state index contributed by atoms with van der Waals surface area (Å²) in [6.45, 7) is 2.49. The van der Waals surface area contributed by atoms with E-state index in [0.29, 0.717) is 11.5 Å². The summed E-state index contributed by atoms with van der Waals surface area (Å²) in [6.07, 6.45) is 6.12. The first-order chi connectivity index (χ1) is 12.4. The summed E-state index contributed by atoms with van der Waals surface area (Å²) < 4.78 is 10.9. The second-order valence-electron chi connectivity index (χ2n) is 7.36. The first kappa shape index (κ1) is 20.2. The first-order valence-electron chi connectivity index (χ1n) is 9.18. The summed E-state index contributed by atoms with van der Waals surface area (Å²) in [5.74, 6) is 0.0516. The third-order valence-electron chi connectivity index (χ3n) is 4.75. The average molecular weight is 363 g/mol. The molecule has 1 aromatic carbocycles. The SMILES string of the molecule is COCC(C)(CC(=O)O)NC(=O)c1ccc(OCC2CCCCC2)cc1. The van der Waals surface area contributed by atoms with Crippen LogP contribution in [0.5, 0.6) is 5.75 Å². The highest BCUT2D eigenvalue weighted by Gasteiger charge is 2.30. The number of methoxy groups -OCH3 is 1. The second kappa shape index (κ2) is 9.57. The summed E-state index contributed by atoms with van der Waals surface area (Å²) in [7, 11) is 1.48. The monoisotopic (exact) mass is 363 g/mol. The van der Waals surface area contributed by atoms with Crippen molar-refractivity contribution in [3.05, 3.63) is 29.8 Å². The standard InChI is InChI=1S/C20H29NO5/c1-20(14-25-2,12-18(22)23)21-19(24)16-8-10-17(11-9-16)26-13-15-6-4-3-5-7-15/h8-11,15H,3-7,12-14H2,1-2H3,(H,21,24)(H,22,23). The van der Waals surface area contributed by atoms with E-state index in [1.807, 2.05) is 0 Å². The number of ether oxygens (including phenoxy) is 2. The van der Waals surface area contributed by atoms with Crippen LogP contribution in [0.2, 0.25) is 0 Å². The van der Waals surface area contributed by atoms with E-state index in [9.17, 15) is 9.59 Å². The van der Waals surface area contributed by atoms with Crippen LogP contribution >= 0.6 is 0 Å². The molecule has 1 aromatic rings. The second-order valence-corrected chi connectivity index (χ2v) is 7.36. The fourth-order valence-corrected chi connectivity index (χ4v) is 3.40. The Balaban J connectivity index is 1.91. The predicted octanol–water partition coefficient (Wildman–Crippen LogP) is 3.26. The van der Waals surface area contributed by atoms with Crippen LogP contribution in [-0.4, -0.2) is 42.8 Å². The largest absolute Gasteiger partial charge is 0.493 e. The molecule has 1 amide bonds. The van der Waals surface area contributed by atoms with E-state index in [-0.39, 0.29) is 18.9 Å². The maximum atomic E-state index is 12.4. The van der Waals surface area contributed by atoms with Crippen molar-refractivity contribution in [1.82, 2.24) is 5.32 Å². The lowest BCUT2D eigenvalue weighted by atomic mass is 9.90. The maximum Gasteiger partial charge on any atom is 0.305 e. The number of carboxylic acid groups (broad SMARTS) is 1. The number of carboxylic acids is 1. The van der Waals surface area contributed by atoms with Gasteiger partial charge < -0.3 is 19.9 Å². The number of carbonyl (C=O) groups is 2. The Morgan fingerprint density at radius 1 is 1.19 bits per heavy atom. The predicted molar refractivity (Wildman–Crippen MR) is 98.5 cm³/mol. The molecule has 0 spiro atoms. The van der Waals surface area contributed by atoms with Gasteiger partial charge >= 0.3 is 5.97 Å². The highest BCUT2D eigenvalue weighted by molar-refractivity contribution is 5.95. The Morgan fingerprint density at radius 2 is 1.85 bits per heavy atom. The minimum atomic E-state index is -0.990. The van der Waals surface area contributed by atoms with E-state index in [1.54, 1.807) is 31.2 Å². The lowest BCUT2D eigenvalue weighted by Crippen LogP contribution is -2.50. The highest BCUT2D eigenvalue weighted by atomic mass is 16.5. The van der Waals surface area contributed by atoms with Gasteiger partial charge in [-0.3, -0.25) is 9.59 Å². The van der Waals surface area contributed by atoms with Crippen LogP contribution in [0.15, 0.2) is 24.3 Å². The first-order valence-corrected chi connectivity index (χ1v) is 9.18. The molecule has 1 unspecified atom stereocenters. The summed E-state index contributed by atoms with van der Waals surface area (Å²) >= 11 is 0. The maximum absolute atomic E-state index is 12.4.